The highest BCUT2D eigenvalue weighted by Crippen LogP contribution is 2.33. The molecule has 1 aromatic carbocycles. The van der Waals surface area contributed by atoms with Crippen LogP contribution in [0.25, 0.3) is 10.9 Å². The van der Waals surface area contributed by atoms with Gasteiger partial charge < -0.3 is 14.8 Å². The molecule has 3 aromatic rings. The van der Waals surface area contributed by atoms with Crippen molar-refractivity contribution in [2.24, 2.45) is 7.05 Å². The second kappa shape index (κ2) is 6.40. The van der Waals surface area contributed by atoms with Gasteiger partial charge in [0.15, 0.2) is 0 Å². The quantitative estimate of drug-likeness (QED) is 0.786. The van der Waals surface area contributed by atoms with Crippen molar-refractivity contribution in [3.05, 3.63) is 53.9 Å². The fourth-order valence-electron chi connectivity index (χ4n) is 3.65. The number of nitrogens with zero attached hydrogens (tertiary/aromatic N) is 4. The molecule has 0 spiro atoms. The van der Waals surface area contributed by atoms with E-state index in [2.05, 4.69) is 15.3 Å². The number of halogens is 1. The molecular weight excluding hydrogens is 333 g/mol. The second-order valence-electron chi connectivity index (χ2n) is 6.53. The lowest BCUT2D eigenvalue weighted by Crippen LogP contribution is -2.32. The Hall–Kier alpha value is -2.96. The molecule has 7 heteroatoms. The first-order chi connectivity index (χ1) is 12.6. The van der Waals surface area contributed by atoms with Gasteiger partial charge in [-0.25, -0.2) is 9.37 Å². The number of likely N-dealkylation sites (tertiary alicyclic amines) is 1. The number of anilines is 1. The van der Waals surface area contributed by atoms with Gasteiger partial charge in [0.2, 0.25) is 0 Å². The summed E-state index contributed by atoms with van der Waals surface area (Å²) in [6.07, 6.45) is 5.14. The summed E-state index contributed by atoms with van der Waals surface area (Å²) in [5.74, 6) is 0.311. The number of rotatable bonds is 3. The molecule has 1 amide bonds. The Labute approximate surface area is 150 Å². The molecule has 1 saturated heterocycles. The fraction of sp³-hybridized carbons (Fsp3) is 0.316. The highest BCUT2D eigenvalue weighted by atomic mass is 19.1. The Morgan fingerprint density at radius 2 is 2.15 bits per heavy atom. The van der Waals surface area contributed by atoms with E-state index >= 15 is 0 Å². The van der Waals surface area contributed by atoms with Crippen molar-refractivity contribution in [1.82, 2.24) is 19.4 Å². The molecule has 4 rings (SSSR count). The minimum absolute atomic E-state index is 0.0664. The van der Waals surface area contributed by atoms with E-state index in [1.54, 1.807) is 31.6 Å². The molecule has 134 valence electrons. The standard InChI is InChI=1S/C19H20FN5O/c1-21-18-11-22-10-14(23-18)16-4-3-7-25(16)19(26)17-9-12-8-13(20)5-6-15(12)24(17)2/h5-6,8-11,16H,3-4,7H2,1-2H3,(H,21,23)/t16-/m1/s1. The number of carbonyl (C=O) groups excluding carboxylic acids is 1. The molecule has 1 aliphatic rings. The van der Waals surface area contributed by atoms with Crippen molar-refractivity contribution in [2.75, 3.05) is 18.9 Å². The van der Waals surface area contributed by atoms with E-state index in [0.717, 1.165) is 29.4 Å². The molecular formula is C19H20FN5O. The van der Waals surface area contributed by atoms with E-state index in [1.165, 1.54) is 12.1 Å². The summed E-state index contributed by atoms with van der Waals surface area (Å²) < 4.78 is 15.3. The zero-order valence-electron chi connectivity index (χ0n) is 14.7. The Kier molecular flexibility index (Phi) is 4.06. The van der Waals surface area contributed by atoms with E-state index in [1.807, 2.05) is 16.5 Å². The smallest absolute Gasteiger partial charge is 0.271 e. The predicted octanol–water partition coefficient (Wildman–Crippen LogP) is 3.13. The topological polar surface area (TPSA) is 63.1 Å². The summed E-state index contributed by atoms with van der Waals surface area (Å²) in [6, 6.07) is 6.22. The van der Waals surface area contributed by atoms with Crippen LogP contribution in [0.2, 0.25) is 0 Å². The molecule has 6 nitrogen and oxygen atoms in total. The number of hydrogen-bond acceptors (Lipinski definition) is 4. The first kappa shape index (κ1) is 16.5. The van der Waals surface area contributed by atoms with Crippen LogP contribution in [0.15, 0.2) is 36.7 Å². The second-order valence-corrected chi connectivity index (χ2v) is 6.53. The van der Waals surface area contributed by atoms with Crippen molar-refractivity contribution < 1.29 is 9.18 Å². The van der Waals surface area contributed by atoms with Gasteiger partial charge in [-0.3, -0.25) is 9.78 Å². The molecule has 0 unspecified atom stereocenters. The number of amides is 1. The third kappa shape index (κ3) is 2.69. The van der Waals surface area contributed by atoms with Crippen LogP contribution in [0, 0.1) is 5.82 Å². The molecule has 2 aromatic heterocycles. The first-order valence-electron chi connectivity index (χ1n) is 8.64. The summed E-state index contributed by atoms with van der Waals surface area (Å²) in [5, 5.41) is 3.71. The summed E-state index contributed by atoms with van der Waals surface area (Å²) >= 11 is 0. The van der Waals surface area contributed by atoms with Gasteiger partial charge in [0, 0.05) is 31.5 Å². The van der Waals surface area contributed by atoms with Crippen molar-refractivity contribution >= 4 is 22.6 Å². The van der Waals surface area contributed by atoms with E-state index < -0.39 is 0 Å². The van der Waals surface area contributed by atoms with Gasteiger partial charge in [-0.15, -0.1) is 0 Å². The van der Waals surface area contributed by atoms with Crippen LogP contribution in [0.4, 0.5) is 10.2 Å². The van der Waals surface area contributed by atoms with Crippen molar-refractivity contribution in [3.63, 3.8) is 0 Å². The van der Waals surface area contributed by atoms with Gasteiger partial charge in [-0.05, 0) is 37.1 Å². The third-order valence-corrected chi connectivity index (χ3v) is 4.99. The first-order valence-corrected chi connectivity index (χ1v) is 8.64. The molecule has 0 saturated carbocycles. The average Bonchev–Trinajstić information content (AvgIpc) is 3.26. The van der Waals surface area contributed by atoms with Crippen LogP contribution >= 0.6 is 0 Å². The van der Waals surface area contributed by atoms with Crippen LogP contribution in [-0.4, -0.2) is 38.9 Å². The molecule has 0 bridgehead atoms. The zero-order valence-corrected chi connectivity index (χ0v) is 14.7. The normalized spacial score (nSPS) is 17.0. The van der Waals surface area contributed by atoms with Crippen LogP contribution in [0.3, 0.4) is 0 Å². The molecule has 3 heterocycles. The number of hydrogen-bond donors (Lipinski definition) is 1. The molecule has 26 heavy (non-hydrogen) atoms. The van der Waals surface area contributed by atoms with E-state index in [0.29, 0.717) is 18.1 Å². The molecule has 0 aliphatic carbocycles. The van der Waals surface area contributed by atoms with E-state index in [4.69, 9.17) is 0 Å². The summed E-state index contributed by atoms with van der Waals surface area (Å²) in [4.78, 5) is 23.8. The van der Waals surface area contributed by atoms with Gasteiger partial charge in [-0.1, -0.05) is 0 Å². The monoisotopic (exact) mass is 353 g/mol. The Balaban J connectivity index is 1.70. The lowest BCUT2D eigenvalue weighted by atomic mass is 10.1. The van der Waals surface area contributed by atoms with E-state index in [-0.39, 0.29) is 17.8 Å². The van der Waals surface area contributed by atoms with Crippen LogP contribution in [-0.2, 0) is 7.05 Å². The number of aryl methyl sites for hydroxylation is 1. The molecule has 1 fully saturated rings. The maximum atomic E-state index is 13.5. The number of carbonyl (C=O) groups is 1. The summed E-state index contributed by atoms with van der Waals surface area (Å²) in [6.45, 7) is 0.671. The van der Waals surface area contributed by atoms with Gasteiger partial charge in [0.25, 0.3) is 5.91 Å². The zero-order chi connectivity index (χ0) is 18.3. The molecule has 1 N–H and O–H groups in total. The molecule has 1 atom stereocenters. The lowest BCUT2D eigenvalue weighted by Gasteiger charge is -2.24. The van der Waals surface area contributed by atoms with Crippen molar-refractivity contribution in [1.29, 1.82) is 0 Å². The van der Waals surface area contributed by atoms with Gasteiger partial charge in [0.1, 0.15) is 17.3 Å². The number of benzene rings is 1. The highest BCUT2D eigenvalue weighted by Gasteiger charge is 2.33. The van der Waals surface area contributed by atoms with E-state index in [9.17, 15) is 9.18 Å². The van der Waals surface area contributed by atoms with Crippen LogP contribution in [0.5, 0.6) is 0 Å². The minimum Gasteiger partial charge on any atom is -0.372 e. The highest BCUT2D eigenvalue weighted by molar-refractivity contribution is 5.99. The fourth-order valence-corrected chi connectivity index (χ4v) is 3.65. The predicted molar refractivity (Wildman–Crippen MR) is 97.5 cm³/mol. The molecule has 1 aliphatic heterocycles. The Bertz CT molecular complexity index is 983. The third-order valence-electron chi connectivity index (χ3n) is 4.99. The van der Waals surface area contributed by atoms with Gasteiger partial charge in [0.05, 0.1) is 24.1 Å². The summed E-state index contributed by atoms with van der Waals surface area (Å²) in [7, 11) is 3.62. The van der Waals surface area contributed by atoms with Crippen molar-refractivity contribution in [2.45, 2.75) is 18.9 Å². The average molecular weight is 353 g/mol. The lowest BCUT2D eigenvalue weighted by molar-refractivity contribution is 0.0723. The molecule has 0 radical (unpaired) electrons. The SMILES string of the molecule is CNc1cncc([C@H]2CCCN2C(=O)c2cc3cc(F)ccc3n2C)n1. The number of nitrogens with one attached hydrogen (secondary N) is 1. The van der Waals surface area contributed by atoms with Gasteiger partial charge >= 0.3 is 0 Å². The maximum absolute atomic E-state index is 13.5. The van der Waals surface area contributed by atoms with Crippen molar-refractivity contribution in [3.8, 4) is 0 Å². The van der Waals surface area contributed by atoms with Crippen LogP contribution in [0.1, 0.15) is 35.1 Å². The number of fused-ring (bicyclic) bond motifs is 1. The summed E-state index contributed by atoms with van der Waals surface area (Å²) in [5.41, 5.74) is 2.17. The Morgan fingerprint density at radius 1 is 1.31 bits per heavy atom. The van der Waals surface area contributed by atoms with Crippen LogP contribution < -0.4 is 5.32 Å². The van der Waals surface area contributed by atoms with Gasteiger partial charge in [-0.2, -0.15) is 0 Å². The Morgan fingerprint density at radius 3 is 2.96 bits per heavy atom. The maximum Gasteiger partial charge on any atom is 0.271 e. The number of aromatic nitrogens is 3. The minimum atomic E-state index is -0.305. The largest absolute Gasteiger partial charge is 0.372 e.